The number of nitrogens with one attached hydrogen (secondary N) is 1. The quantitative estimate of drug-likeness (QED) is 0.793. The van der Waals surface area contributed by atoms with Crippen LogP contribution in [0.15, 0.2) is 18.2 Å². The van der Waals surface area contributed by atoms with Crippen LogP contribution in [0.3, 0.4) is 0 Å². The average Bonchev–Trinajstić information content (AvgIpc) is 2.28. The number of hydrogen-bond donors (Lipinski definition) is 1. The van der Waals surface area contributed by atoms with Crippen LogP contribution in [0.25, 0.3) is 0 Å². The molecule has 0 aliphatic rings. The van der Waals surface area contributed by atoms with E-state index >= 15 is 0 Å². The van der Waals surface area contributed by atoms with Gasteiger partial charge in [-0.25, -0.2) is 4.39 Å². The highest BCUT2D eigenvalue weighted by Crippen LogP contribution is 2.09. The zero-order chi connectivity index (χ0) is 12.0. The van der Waals surface area contributed by atoms with Gasteiger partial charge < -0.3 is 10.2 Å². The Morgan fingerprint density at radius 1 is 1.31 bits per heavy atom. The first-order chi connectivity index (χ1) is 7.63. The lowest BCUT2D eigenvalue weighted by atomic mass is 10.1. The van der Waals surface area contributed by atoms with Gasteiger partial charge in [-0.1, -0.05) is 12.1 Å². The lowest BCUT2D eigenvalue weighted by molar-refractivity contribution is 0.339. The number of rotatable bonds is 6. The molecule has 3 heteroatoms. The molecule has 16 heavy (non-hydrogen) atoms. The number of nitrogens with zero attached hydrogens (tertiary/aromatic N) is 1. The highest BCUT2D eigenvalue weighted by Gasteiger charge is 2.01. The third-order valence-electron chi connectivity index (χ3n) is 2.75. The summed E-state index contributed by atoms with van der Waals surface area (Å²) >= 11 is 0. The molecular weight excluding hydrogens is 203 g/mol. The molecular formula is C13H21FN2. The first-order valence-electron chi connectivity index (χ1n) is 5.71. The standard InChI is InChI=1S/C13H21FN2/c1-11-10-12(4-5-13(11)14)6-8-16(3)9-7-15-2/h4-5,10,15H,6-9H2,1-3H3. The summed E-state index contributed by atoms with van der Waals surface area (Å²) < 4.78 is 13.0. The third kappa shape index (κ3) is 4.29. The number of likely N-dealkylation sites (N-methyl/N-ethyl adjacent to an activating group) is 2. The van der Waals surface area contributed by atoms with Crippen molar-refractivity contribution in [3.05, 3.63) is 35.1 Å². The van der Waals surface area contributed by atoms with Crippen molar-refractivity contribution in [2.45, 2.75) is 13.3 Å². The minimum atomic E-state index is -0.118. The predicted octanol–water partition coefficient (Wildman–Crippen LogP) is 1.83. The maximum atomic E-state index is 13.0. The van der Waals surface area contributed by atoms with E-state index in [0.29, 0.717) is 0 Å². The molecule has 0 aromatic heterocycles. The molecule has 2 nitrogen and oxygen atoms in total. The third-order valence-corrected chi connectivity index (χ3v) is 2.75. The Morgan fingerprint density at radius 3 is 2.69 bits per heavy atom. The van der Waals surface area contributed by atoms with Gasteiger partial charge in [-0.05, 0) is 44.6 Å². The van der Waals surface area contributed by atoms with Crippen LogP contribution in [-0.4, -0.2) is 38.6 Å². The van der Waals surface area contributed by atoms with Crippen molar-refractivity contribution in [2.24, 2.45) is 0 Å². The van der Waals surface area contributed by atoms with Crippen molar-refractivity contribution in [1.29, 1.82) is 0 Å². The van der Waals surface area contributed by atoms with Crippen LogP contribution in [0.4, 0.5) is 4.39 Å². The van der Waals surface area contributed by atoms with Crippen molar-refractivity contribution in [3.8, 4) is 0 Å². The van der Waals surface area contributed by atoms with Gasteiger partial charge in [-0.2, -0.15) is 0 Å². The molecule has 0 radical (unpaired) electrons. The second-order valence-electron chi connectivity index (χ2n) is 4.24. The Kier molecular flexibility index (Phi) is 5.43. The minimum absolute atomic E-state index is 0.118. The SMILES string of the molecule is CNCCN(C)CCc1ccc(F)c(C)c1. The molecule has 0 aliphatic carbocycles. The van der Waals surface area contributed by atoms with E-state index in [9.17, 15) is 4.39 Å². The normalized spacial score (nSPS) is 11.1. The van der Waals surface area contributed by atoms with E-state index in [1.165, 1.54) is 5.56 Å². The summed E-state index contributed by atoms with van der Waals surface area (Å²) in [7, 11) is 4.06. The summed E-state index contributed by atoms with van der Waals surface area (Å²) in [5.41, 5.74) is 1.94. The van der Waals surface area contributed by atoms with E-state index in [4.69, 9.17) is 0 Å². The summed E-state index contributed by atoms with van der Waals surface area (Å²) in [6, 6.07) is 5.35. The van der Waals surface area contributed by atoms with E-state index in [1.54, 1.807) is 6.07 Å². The summed E-state index contributed by atoms with van der Waals surface area (Å²) in [5.74, 6) is -0.118. The fraction of sp³-hybridized carbons (Fsp3) is 0.538. The zero-order valence-electron chi connectivity index (χ0n) is 10.4. The molecule has 0 saturated heterocycles. The van der Waals surface area contributed by atoms with Crippen LogP contribution in [0, 0.1) is 12.7 Å². The van der Waals surface area contributed by atoms with Gasteiger partial charge in [0, 0.05) is 19.6 Å². The Bertz CT molecular complexity index is 326. The molecule has 1 aromatic carbocycles. The van der Waals surface area contributed by atoms with E-state index in [2.05, 4.69) is 17.3 Å². The number of halogens is 1. The van der Waals surface area contributed by atoms with E-state index < -0.39 is 0 Å². The van der Waals surface area contributed by atoms with Crippen LogP contribution < -0.4 is 5.32 Å². The van der Waals surface area contributed by atoms with Crippen LogP contribution in [0.1, 0.15) is 11.1 Å². The first-order valence-corrected chi connectivity index (χ1v) is 5.71. The number of hydrogen-bond acceptors (Lipinski definition) is 2. The van der Waals surface area contributed by atoms with Crippen molar-refractivity contribution in [2.75, 3.05) is 33.7 Å². The lowest BCUT2D eigenvalue weighted by Crippen LogP contribution is -2.29. The summed E-state index contributed by atoms with van der Waals surface area (Å²) in [6.07, 6.45) is 0.974. The molecule has 90 valence electrons. The zero-order valence-corrected chi connectivity index (χ0v) is 10.4. The molecule has 1 N–H and O–H groups in total. The summed E-state index contributed by atoms with van der Waals surface area (Å²) in [5, 5.41) is 3.12. The maximum Gasteiger partial charge on any atom is 0.126 e. The first kappa shape index (κ1) is 13.1. The van der Waals surface area contributed by atoms with Gasteiger partial charge in [0.25, 0.3) is 0 Å². The second-order valence-corrected chi connectivity index (χ2v) is 4.24. The highest BCUT2D eigenvalue weighted by molar-refractivity contribution is 5.24. The van der Waals surface area contributed by atoms with Crippen LogP contribution in [0.2, 0.25) is 0 Å². The molecule has 0 saturated carbocycles. The summed E-state index contributed by atoms with van der Waals surface area (Å²) in [6.45, 7) is 4.85. The maximum absolute atomic E-state index is 13.0. The highest BCUT2D eigenvalue weighted by atomic mass is 19.1. The molecule has 0 spiro atoms. The van der Waals surface area contributed by atoms with E-state index in [-0.39, 0.29) is 5.82 Å². The predicted molar refractivity (Wildman–Crippen MR) is 66.3 cm³/mol. The van der Waals surface area contributed by atoms with Gasteiger partial charge in [0.15, 0.2) is 0 Å². The molecule has 1 rings (SSSR count). The lowest BCUT2D eigenvalue weighted by Gasteiger charge is -2.16. The van der Waals surface area contributed by atoms with Gasteiger partial charge in [-0.3, -0.25) is 0 Å². The molecule has 0 aliphatic heterocycles. The van der Waals surface area contributed by atoms with Crippen LogP contribution >= 0.6 is 0 Å². The van der Waals surface area contributed by atoms with Crippen molar-refractivity contribution in [1.82, 2.24) is 10.2 Å². The average molecular weight is 224 g/mol. The second kappa shape index (κ2) is 6.61. The fourth-order valence-electron chi connectivity index (χ4n) is 1.60. The Hall–Kier alpha value is -0.930. The van der Waals surface area contributed by atoms with Crippen molar-refractivity contribution < 1.29 is 4.39 Å². The topological polar surface area (TPSA) is 15.3 Å². The number of aryl methyl sites for hydroxylation is 1. The van der Waals surface area contributed by atoms with Crippen molar-refractivity contribution in [3.63, 3.8) is 0 Å². The summed E-state index contributed by atoms with van der Waals surface area (Å²) in [4.78, 5) is 2.27. The van der Waals surface area contributed by atoms with E-state index in [1.807, 2.05) is 26.1 Å². The van der Waals surface area contributed by atoms with E-state index in [0.717, 1.165) is 31.6 Å². The van der Waals surface area contributed by atoms with Gasteiger partial charge >= 0.3 is 0 Å². The fourth-order valence-corrected chi connectivity index (χ4v) is 1.60. The minimum Gasteiger partial charge on any atom is -0.318 e. The van der Waals surface area contributed by atoms with Crippen LogP contribution in [-0.2, 0) is 6.42 Å². The Labute approximate surface area is 97.5 Å². The number of benzene rings is 1. The Balaban J connectivity index is 2.39. The van der Waals surface area contributed by atoms with Gasteiger partial charge in [0.05, 0.1) is 0 Å². The molecule has 0 fully saturated rings. The molecule has 1 aromatic rings. The molecule has 0 atom stereocenters. The molecule has 0 bridgehead atoms. The largest absolute Gasteiger partial charge is 0.318 e. The van der Waals surface area contributed by atoms with Crippen molar-refractivity contribution >= 4 is 0 Å². The molecule has 0 heterocycles. The van der Waals surface area contributed by atoms with Gasteiger partial charge in [0.2, 0.25) is 0 Å². The smallest absolute Gasteiger partial charge is 0.126 e. The van der Waals surface area contributed by atoms with Gasteiger partial charge in [0.1, 0.15) is 5.82 Å². The Morgan fingerprint density at radius 2 is 2.06 bits per heavy atom. The van der Waals surface area contributed by atoms with Gasteiger partial charge in [-0.15, -0.1) is 0 Å². The molecule has 0 unspecified atom stereocenters. The monoisotopic (exact) mass is 224 g/mol. The van der Waals surface area contributed by atoms with Crippen LogP contribution in [0.5, 0.6) is 0 Å². The molecule has 0 amide bonds.